The molecule has 0 amide bonds. The lowest BCUT2D eigenvalue weighted by molar-refractivity contribution is 0.118. The van der Waals surface area contributed by atoms with Crippen LogP contribution in [0.25, 0.3) is 0 Å². The van der Waals surface area contributed by atoms with Crippen LogP contribution in [0.5, 0.6) is 5.88 Å². The van der Waals surface area contributed by atoms with Crippen molar-refractivity contribution in [3.63, 3.8) is 0 Å². The molecule has 0 radical (unpaired) electrons. The van der Waals surface area contributed by atoms with E-state index in [0.717, 1.165) is 25.1 Å². The van der Waals surface area contributed by atoms with Crippen LogP contribution >= 0.6 is 0 Å². The molecule has 2 rings (SSSR count). The number of ether oxygens (including phenoxy) is 1. The maximum atomic E-state index is 9.50. The third-order valence-corrected chi connectivity index (χ3v) is 3.96. The molecule has 1 saturated carbocycles. The molecule has 1 fully saturated rings. The van der Waals surface area contributed by atoms with Crippen molar-refractivity contribution in [2.75, 3.05) is 13.7 Å². The standard InChI is InChI=1S/C14H22N2O2/c1-14(10-17)8-4-6-12(14)15-9-11-5-3-7-13(16-11)18-2/h3,5,7,12,15,17H,4,6,8-10H2,1-2H3/t12-,14-/m0/s1. The van der Waals surface area contributed by atoms with E-state index < -0.39 is 0 Å². The number of aliphatic hydroxyl groups is 1. The number of nitrogens with one attached hydrogen (secondary N) is 1. The van der Waals surface area contributed by atoms with E-state index in [1.807, 2.05) is 18.2 Å². The topological polar surface area (TPSA) is 54.4 Å². The summed E-state index contributed by atoms with van der Waals surface area (Å²) in [5.41, 5.74) is 0.986. The first kappa shape index (κ1) is 13.3. The van der Waals surface area contributed by atoms with E-state index >= 15 is 0 Å². The van der Waals surface area contributed by atoms with Crippen LogP contribution in [-0.2, 0) is 6.54 Å². The van der Waals surface area contributed by atoms with Gasteiger partial charge in [0.05, 0.1) is 12.8 Å². The van der Waals surface area contributed by atoms with E-state index in [2.05, 4.69) is 17.2 Å². The third-order valence-electron chi connectivity index (χ3n) is 3.96. The summed E-state index contributed by atoms with van der Waals surface area (Å²) in [4.78, 5) is 4.38. The first-order valence-corrected chi connectivity index (χ1v) is 6.52. The van der Waals surface area contributed by atoms with Gasteiger partial charge in [-0.05, 0) is 18.9 Å². The number of methoxy groups -OCH3 is 1. The van der Waals surface area contributed by atoms with Crippen LogP contribution in [-0.4, -0.2) is 29.8 Å². The minimum atomic E-state index is 0.0128. The number of aromatic nitrogens is 1. The molecule has 1 heterocycles. The number of nitrogens with zero attached hydrogens (tertiary/aromatic N) is 1. The van der Waals surface area contributed by atoms with Crippen molar-refractivity contribution in [2.24, 2.45) is 5.41 Å². The molecule has 1 aliphatic carbocycles. The summed E-state index contributed by atoms with van der Waals surface area (Å²) < 4.78 is 5.11. The Hall–Kier alpha value is -1.13. The summed E-state index contributed by atoms with van der Waals surface area (Å²) in [5.74, 6) is 0.644. The van der Waals surface area contributed by atoms with Gasteiger partial charge in [-0.25, -0.2) is 4.98 Å². The molecule has 1 aromatic heterocycles. The zero-order valence-electron chi connectivity index (χ0n) is 11.1. The van der Waals surface area contributed by atoms with Gasteiger partial charge >= 0.3 is 0 Å². The van der Waals surface area contributed by atoms with Crippen LogP contribution in [0.3, 0.4) is 0 Å². The second-order valence-corrected chi connectivity index (χ2v) is 5.31. The molecule has 0 unspecified atom stereocenters. The summed E-state index contributed by atoms with van der Waals surface area (Å²) in [7, 11) is 1.62. The van der Waals surface area contributed by atoms with E-state index in [4.69, 9.17) is 4.74 Å². The predicted octanol–water partition coefficient (Wildman–Crippen LogP) is 1.73. The molecule has 1 aliphatic rings. The number of rotatable bonds is 5. The van der Waals surface area contributed by atoms with Gasteiger partial charge in [0.1, 0.15) is 0 Å². The van der Waals surface area contributed by atoms with Crippen LogP contribution in [0.15, 0.2) is 18.2 Å². The SMILES string of the molecule is COc1cccc(CN[C@H]2CCC[C@@]2(C)CO)n1. The summed E-state index contributed by atoms with van der Waals surface area (Å²) in [5, 5.41) is 13.0. The smallest absolute Gasteiger partial charge is 0.213 e. The Morgan fingerprint density at radius 3 is 3.11 bits per heavy atom. The highest BCUT2D eigenvalue weighted by atomic mass is 16.5. The summed E-state index contributed by atoms with van der Waals surface area (Å²) in [6, 6.07) is 6.15. The highest BCUT2D eigenvalue weighted by Gasteiger charge is 2.37. The molecule has 0 aromatic carbocycles. The first-order valence-electron chi connectivity index (χ1n) is 6.52. The Kier molecular flexibility index (Phi) is 4.19. The molecule has 0 saturated heterocycles. The van der Waals surface area contributed by atoms with Crippen molar-refractivity contribution >= 4 is 0 Å². The molecule has 4 heteroatoms. The van der Waals surface area contributed by atoms with E-state index in [9.17, 15) is 5.11 Å². The van der Waals surface area contributed by atoms with Gasteiger partial charge in [0.25, 0.3) is 0 Å². The Bertz CT molecular complexity index is 397. The fourth-order valence-corrected chi connectivity index (χ4v) is 2.67. The second-order valence-electron chi connectivity index (χ2n) is 5.31. The quantitative estimate of drug-likeness (QED) is 0.835. The van der Waals surface area contributed by atoms with Gasteiger partial charge < -0.3 is 15.2 Å². The van der Waals surface area contributed by atoms with Crippen LogP contribution in [0, 0.1) is 5.41 Å². The van der Waals surface area contributed by atoms with Crippen LogP contribution in [0.1, 0.15) is 31.9 Å². The molecule has 18 heavy (non-hydrogen) atoms. The molecule has 4 nitrogen and oxygen atoms in total. The first-order chi connectivity index (χ1) is 8.68. The van der Waals surface area contributed by atoms with Crippen LogP contribution in [0.4, 0.5) is 0 Å². The van der Waals surface area contributed by atoms with Crippen molar-refractivity contribution in [1.82, 2.24) is 10.3 Å². The fourth-order valence-electron chi connectivity index (χ4n) is 2.67. The van der Waals surface area contributed by atoms with Crippen molar-refractivity contribution < 1.29 is 9.84 Å². The van der Waals surface area contributed by atoms with Gasteiger partial charge in [-0.2, -0.15) is 0 Å². The Morgan fingerprint density at radius 1 is 1.56 bits per heavy atom. The van der Waals surface area contributed by atoms with Crippen molar-refractivity contribution in [3.8, 4) is 5.88 Å². The number of hydrogen-bond acceptors (Lipinski definition) is 4. The van der Waals surface area contributed by atoms with Gasteiger partial charge in [-0.1, -0.05) is 19.4 Å². The maximum absolute atomic E-state index is 9.50. The lowest BCUT2D eigenvalue weighted by atomic mass is 9.86. The van der Waals surface area contributed by atoms with E-state index in [0.29, 0.717) is 11.9 Å². The van der Waals surface area contributed by atoms with Gasteiger partial charge in [0.15, 0.2) is 0 Å². The third kappa shape index (κ3) is 2.82. The fraction of sp³-hybridized carbons (Fsp3) is 0.643. The highest BCUT2D eigenvalue weighted by molar-refractivity contribution is 5.15. The molecule has 2 N–H and O–H groups in total. The molecule has 100 valence electrons. The summed E-state index contributed by atoms with van der Waals surface area (Å²) >= 11 is 0. The molecule has 0 bridgehead atoms. The monoisotopic (exact) mass is 250 g/mol. The Labute approximate surface area is 108 Å². The lowest BCUT2D eigenvalue weighted by Crippen LogP contribution is -2.41. The zero-order chi connectivity index (χ0) is 13.0. The maximum Gasteiger partial charge on any atom is 0.213 e. The van der Waals surface area contributed by atoms with Crippen molar-refractivity contribution in [2.45, 2.75) is 38.8 Å². The Morgan fingerprint density at radius 2 is 2.39 bits per heavy atom. The van der Waals surface area contributed by atoms with Crippen LogP contribution < -0.4 is 10.1 Å². The number of aliphatic hydroxyl groups excluding tert-OH is 1. The van der Waals surface area contributed by atoms with Gasteiger partial charge in [-0.3, -0.25) is 0 Å². The molecular weight excluding hydrogens is 228 g/mol. The average molecular weight is 250 g/mol. The van der Waals surface area contributed by atoms with Gasteiger partial charge in [0, 0.05) is 30.7 Å². The van der Waals surface area contributed by atoms with Crippen molar-refractivity contribution in [1.29, 1.82) is 0 Å². The Balaban J connectivity index is 1.94. The van der Waals surface area contributed by atoms with E-state index in [1.54, 1.807) is 7.11 Å². The predicted molar refractivity (Wildman–Crippen MR) is 70.5 cm³/mol. The number of pyridine rings is 1. The number of hydrogen-bond donors (Lipinski definition) is 2. The molecule has 1 aromatic rings. The highest BCUT2D eigenvalue weighted by Crippen LogP contribution is 2.37. The summed E-state index contributed by atoms with van der Waals surface area (Å²) in [6.45, 7) is 3.12. The molecular formula is C14H22N2O2. The zero-order valence-corrected chi connectivity index (χ0v) is 11.1. The largest absolute Gasteiger partial charge is 0.481 e. The second kappa shape index (κ2) is 5.67. The van der Waals surface area contributed by atoms with Gasteiger partial charge in [-0.15, -0.1) is 0 Å². The molecule has 2 atom stereocenters. The molecule has 0 aliphatic heterocycles. The van der Waals surface area contributed by atoms with Gasteiger partial charge in [0.2, 0.25) is 5.88 Å². The minimum absolute atomic E-state index is 0.0128. The normalized spacial score (nSPS) is 27.4. The van der Waals surface area contributed by atoms with E-state index in [-0.39, 0.29) is 12.0 Å². The minimum Gasteiger partial charge on any atom is -0.481 e. The average Bonchev–Trinajstić information content (AvgIpc) is 2.79. The molecule has 0 spiro atoms. The van der Waals surface area contributed by atoms with Crippen molar-refractivity contribution in [3.05, 3.63) is 23.9 Å². The summed E-state index contributed by atoms with van der Waals surface area (Å²) in [6.07, 6.45) is 3.40. The lowest BCUT2D eigenvalue weighted by Gasteiger charge is -2.30. The van der Waals surface area contributed by atoms with E-state index in [1.165, 1.54) is 6.42 Å². The van der Waals surface area contributed by atoms with Crippen LogP contribution in [0.2, 0.25) is 0 Å².